The number of unbranched alkanes of at least 4 members (excludes halogenated alkanes) is 1. The summed E-state index contributed by atoms with van der Waals surface area (Å²) in [7, 11) is 0. The molecule has 2 aromatic rings. The SMILES string of the molecule is CCCCN1CSc2nc(-c3ccc([N+](=O)[O-])cc3)c(C#N)c(=O)n2C1. The van der Waals surface area contributed by atoms with Crippen LogP contribution in [-0.2, 0) is 6.67 Å². The van der Waals surface area contributed by atoms with E-state index in [0.717, 1.165) is 25.3 Å². The van der Waals surface area contributed by atoms with Crippen LogP contribution in [0.3, 0.4) is 0 Å². The summed E-state index contributed by atoms with van der Waals surface area (Å²) in [5.74, 6) is 0.734. The molecule has 0 radical (unpaired) electrons. The Morgan fingerprint density at radius 3 is 2.73 bits per heavy atom. The molecule has 8 nitrogen and oxygen atoms in total. The number of benzene rings is 1. The van der Waals surface area contributed by atoms with E-state index in [1.807, 2.05) is 6.07 Å². The van der Waals surface area contributed by atoms with Crippen molar-refractivity contribution in [3.63, 3.8) is 0 Å². The van der Waals surface area contributed by atoms with Crippen molar-refractivity contribution in [2.24, 2.45) is 0 Å². The van der Waals surface area contributed by atoms with Gasteiger partial charge < -0.3 is 0 Å². The van der Waals surface area contributed by atoms with Gasteiger partial charge in [-0.3, -0.25) is 24.4 Å². The Morgan fingerprint density at radius 2 is 2.12 bits per heavy atom. The molecule has 0 atom stereocenters. The van der Waals surface area contributed by atoms with E-state index in [4.69, 9.17) is 0 Å². The summed E-state index contributed by atoms with van der Waals surface area (Å²) in [6, 6.07) is 7.66. The van der Waals surface area contributed by atoms with E-state index in [2.05, 4.69) is 16.8 Å². The Kier molecular flexibility index (Phi) is 5.35. The third-order valence-electron chi connectivity index (χ3n) is 4.14. The van der Waals surface area contributed by atoms with Gasteiger partial charge >= 0.3 is 0 Å². The first-order valence-electron chi connectivity index (χ1n) is 8.20. The van der Waals surface area contributed by atoms with Gasteiger partial charge in [0.05, 0.1) is 23.2 Å². The van der Waals surface area contributed by atoms with Crippen molar-refractivity contribution >= 4 is 17.4 Å². The largest absolute Gasteiger partial charge is 0.276 e. The molecule has 0 aliphatic carbocycles. The number of hydrogen-bond acceptors (Lipinski definition) is 7. The molecule has 0 bridgehead atoms. The highest BCUT2D eigenvalue weighted by atomic mass is 32.2. The number of hydrogen-bond donors (Lipinski definition) is 0. The molecule has 3 rings (SSSR count). The number of nitrogens with zero attached hydrogens (tertiary/aromatic N) is 5. The van der Waals surface area contributed by atoms with Crippen LogP contribution in [0.2, 0.25) is 0 Å². The van der Waals surface area contributed by atoms with E-state index < -0.39 is 4.92 Å². The minimum atomic E-state index is -0.495. The number of non-ortho nitro benzene ring substituents is 1. The Hall–Kier alpha value is -2.70. The van der Waals surface area contributed by atoms with Crippen molar-refractivity contribution in [1.82, 2.24) is 14.5 Å². The third-order valence-corrected chi connectivity index (χ3v) is 5.21. The molecule has 0 saturated carbocycles. The summed E-state index contributed by atoms with van der Waals surface area (Å²) in [6.07, 6.45) is 2.12. The second kappa shape index (κ2) is 7.68. The fourth-order valence-corrected chi connectivity index (χ4v) is 3.69. The van der Waals surface area contributed by atoms with Crippen molar-refractivity contribution in [2.45, 2.75) is 31.6 Å². The summed E-state index contributed by atoms with van der Waals surface area (Å²) >= 11 is 1.46. The quantitative estimate of drug-likeness (QED) is 0.452. The van der Waals surface area contributed by atoms with Gasteiger partial charge in [-0.1, -0.05) is 25.1 Å². The highest BCUT2D eigenvalue weighted by Crippen LogP contribution is 2.28. The standard InChI is InChI=1S/C17H17N5O3S/c1-2-3-8-20-10-21-16(23)14(9-18)15(19-17(21)26-11-20)12-4-6-13(7-5-12)22(24)25/h4-7H,2-3,8,10-11H2,1H3. The first-order chi connectivity index (χ1) is 12.5. The van der Waals surface area contributed by atoms with Crippen molar-refractivity contribution in [3.05, 3.63) is 50.3 Å². The van der Waals surface area contributed by atoms with Gasteiger partial charge in [0.1, 0.15) is 11.6 Å². The topological polar surface area (TPSA) is 105 Å². The van der Waals surface area contributed by atoms with E-state index in [1.165, 1.54) is 40.6 Å². The van der Waals surface area contributed by atoms with Gasteiger partial charge in [-0.05, 0) is 18.6 Å². The number of nitro groups is 1. The van der Waals surface area contributed by atoms with Crippen molar-refractivity contribution < 1.29 is 4.92 Å². The van der Waals surface area contributed by atoms with Crippen LogP contribution < -0.4 is 5.56 Å². The molecule has 0 amide bonds. The number of nitriles is 1. The Labute approximate surface area is 154 Å². The minimum Gasteiger partial charge on any atom is -0.276 e. The van der Waals surface area contributed by atoms with Crippen LogP contribution in [0.1, 0.15) is 25.3 Å². The molecule has 26 heavy (non-hydrogen) atoms. The number of thioether (sulfide) groups is 1. The molecule has 1 aromatic heterocycles. The second-order valence-corrected chi connectivity index (χ2v) is 6.84. The average Bonchev–Trinajstić information content (AvgIpc) is 2.66. The Morgan fingerprint density at radius 1 is 1.38 bits per heavy atom. The fraction of sp³-hybridized carbons (Fsp3) is 0.353. The summed E-state index contributed by atoms with van der Waals surface area (Å²) in [5, 5.41) is 20.8. The van der Waals surface area contributed by atoms with E-state index in [-0.39, 0.29) is 22.5 Å². The lowest BCUT2D eigenvalue weighted by atomic mass is 10.1. The van der Waals surface area contributed by atoms with Crippen LogP contribution >= 0.6 is 11.8 Å². The second-order valence-electron chi connectivity index (χ2n) is 5.93. The van der Waals surface area contributed by atoms with Gasteiger partial charge in [-0.2, -0.15) is 5.26 Å². The van der Waals surface area contributed by atoms with Crippen LogP contribution in [0.15, 0.2) is 34.2 Å². The summed E-state index contributed by atoms with van der Waals surface area (Å²) in [4.78, 5) is 29.8. The van der Waals surface area contributed by atoms with Crippen LogP contribution in [0.25, 0.3) is 11.3 Å². The molecule has 1 aliphatic rings. The monoisotopic (exact) mass is 371 g/mol. The molecule has 2 heterocycles. The minimum absolute atomic E-state index is 0.0412. The molecule has 134 valence electrons. The molecular formula is C17H17N5O3S. The maximum absolute atomic E-state index is 12.8. The molecule has 0 fully saturated rings. The molecule has 0 unspecified atom stereocenters. The molecule has 1 aromatic carbocycles. The fourth-order valence-electron chi connectivity index (χ4n) is 2.73. The van der Waals surface area contributed by atoms with Crippen LogP contribution in [0, 0.1) is 21.4 Å². The normalized spacial score (nSPS) is 13.8. The summed E-state index contributed by atoms with van der Waals surface area (Å²) in [5.41, 5.74) is 0.317. The first-order valence-corrected chi connectivity index (χ1v) is 9.18. The average molecular weight is 371 g/mol. The van der Waals surface area contributed by atoms with Gasteiger partial charge in [-0.25, -0.2) is 4.98 Å². The zero-order valence-corrected chi connectivity index (χ0v) is 15.0. The summed E-state index contributed by atoms with van der Waals surface area (Å²) < 4.78 is 1.53. The molecule has 1 aliphatic heterocycles. The maximum Gasteiger partial charge on any atom is 0.273 e. The first kappa shape index (κ1) is 18.1. The summed E-state index contributed by atoms with van der Waals surface area (Å²) in [6.45, 7) is 3.42. The zero-order chi connectivity index (χ0) is 18.7. The molecule has 0 saturated heterocycles. The van der Waals surface area contributed by atoms with Crippen LogP contribution in [0.4, 0.5) is 5.69 Å². The lowest BCUT2D eigenvalue weighted by molar-refractivity contribution is -0.384. The number of aromatic nitrogens is 2. The van der Waals surface area contributed by atoms with Crippen molar-refractivity contribution in [1.29, 1.82) is 5.26 Å². The smallest absolute Gasteiger partial charge is 0.273 e. The lowest BCUT2D eigenvalue weighted by Crippen LogP contribution is -2.39. The number of fused-ring (bicyclic) bond motifs is 1. The zero-order valence-electron chi connectivity index (χ0n) is 14.2. The molecule has 9 heteroatoms. The predicted molar refractivity (Wildman–Crippen MR) is 97.6 cm³/mol. The maximum atomic E-state index is 12.8. The third kappa shape index (κ3) is 3.47. The number of rotatable bonds is 5. The van der Waals surface area contributed by atoms with Crippen LogP contribution in [-0.4, -0.2) is 31.8 Å². The number of nitro benzene ring substituents is 1. The van der Waals surface area contributed by atoms with E-state index in [9.17, 15) is 20.2 Å². The molecule has 0 N–H and O–H groups in total. The van der Waals surface area contributed by atoms with Crippen LogP contribution in [0.5, 0.6) is 0 Å². The van der Waals surface area contributed by atoms with Gasteiger partial charge in [0.25, 0.3) is 11.2 Å². The van der Waals surface area contributed by atoms with Crippen molar-refractivity contribution in [3.8, 4) is 17.3 Å². The van der Waals surface area contributed by atoms with Gasteiger partial charge in [-0.15, -0.1) is 0 Å². The molecular weight excluding hydrogens is 354 g/mol. The predicted octanol–water partition coefficient (Wildman–Crippen LogP) is 2.81. The lowest BCUT2D eigenvalue weighted by Gasteiger charge is -2.29. The highest BCUT2D eigenvalue weighted by Gasteiger charge is 2.23. The Bertz CT molecular complexity index is 933. The molecule has 0 spiro atoms. The van der Waals surface area contributed by atoms with Crippen molar-refractivity contribution in [2.75, 3.05) is 12.4 Å². The van der Waals surface area contributed by atoms with Gasteiger partial charge in [0.15, 0.2) is 5.16 Å². The highest BCUT2D eigenvalue weighted by molar-refractivity contribution is 7.99. The van der Waals surface area contributed by atoms with E-state index in [0.29, 0.717) is 17.4 Å². The van der Waals surface area contributed by atoms with E-state index >= 15 is 0 Å². The van der Waals surface area contributed by atoms with Gasteiger partial charge in [0.2, 0.25) is 0 Å². The van der Waals surface area contributed by atoms with E-state index in [1.54, 1.807) is 0 Å². The Balaban J connectivity index is 2.01. The van der Waals surface area contributed by atoms with Gasteiger partial charge in [0, 0.05) is 24.2 Å².